The van der Waals surface area contributed by atoms with Crippen LogP contribution in [0.15, 0.2) is 51.5 Å². The molecule has 1 saturated carbocycles. The molecule has 7 nitrogen and oxygen atoms in total. The second kappa shape index (κ2) is 9.16. The lowest BCUT2D eigenvalue weighted by molar-refractivity contribution is -0.118. The summed E-state index contributed by atoms with van der Waals surface area (Å²) < 4.78 is 0.908. The molecule has 9 heteroatoms. The number of carbonyl (C=O) groups excluding carboxylic acids is 1. The summed E-state index contributed by atoms with van der Waals surface area (Å²) in [5.74, 6) is -0.143. The summed E-state index contributed by atoms with van der Waals surface area (Å²) in [6.45, 7) is 4.19. The first-order valence-corrected chi connectivity index (χ1v) is 13.4. The number of thioether (sulfide) groups is 1. The molecule has 0 amide bonds. The second-order valence-corrected chi connectivity index (χ2v) is 12.5. The van der Waals surface area contributed by atoms with Gasteiger partial charge >= 0.3 is 0 Å². The minimum Gasteiger partial charge on any atom is -0.384 e. The minimum absolute atomic E-state index is 0.0478. The highest BCUT2D eigenvalue weighted by Crippen LogP contribution is 2.50. The Kier molecular flexibility index (Phi) is 6.21. The number of nitrogens with zero attached hydrogens (tertiary/aromatic N) is 5. The zero-order chi connectivity index (χ0) is 23.9. The van der Waals surface area contributed by atoms with Crippen LogP contribution in [0.25, 0.3) is 0 Å². The van der Waals surface area contributed by atoms with E-state index in [0.29, 0.717) is 40.2 Å². The molecule has 0 spiro atoms. The summed E-state index contributed by atoms with van der Waals surface area (Å²) in [7, 11) is 0. The van der Waals surface area contributed by atoms with Crippen molar-refractivity contribution in [2.45, 2.75) is 74.3 Å². The third-order valence-electron chi connectivity index (χ3n) is 6.81. The van der Waals surface area contributed by atoms with Crippen molar-refractivity contribution in [2.24, 2.45) is 11.1 Å². The van der Waals surface area contributed by atoms with Crippen LogP contribution in [0.4, 0.5) is 5.13 Å². The SMILES string of the molecule is CC1(C)CC(=O)C2=C(C1)N(c1nnc(SC3CCCCC3)s1)C(N)=C(C#N)C2c1cccnc1. The van der Waals surface area contributed by atoms with Gasteiger partial charge in [-0.1, -0.05) is 62.3 Å². The molecule has 1 unspecified atom stereocenters. The van der Waals surface area contributed by atoms with Crippen LogP contribution in [0.1, 0.15) is 70.3 Å². The van der Waals surface area contributed by atoms with Gasteiger partial charge in [0.15, 0.2) is 10.1 Å². The molecule has 2 aliphatic carbocycles. The summed E-state index contributed by atoms with van der Waals surface area (Å²) in [5, 5.41) is 20.3. The van der Waals surface area contributed by atoms with Crippen molar-refractivity contribution in [3.8, 4) is 6.07 Å². The number of allylic oxidation sites excluding steroid dienone is 3. The van der Waals surface area contributed by atoms with Crippen molar-refractivity contribution < 1.29 is 4.79 Å². The Labute approximate surface area is 208 Å². The molecule has 0 bridgehead atoms. The Morgan fingerprint density at radius 1 is 1.24 bits per heavy atom. The first kappa shape index (κ1) is 23.1. The van der Waals surface area contributed by atoms with E-state index in [1.54, 1.807) is 24.2 Å². The van der Waals surface area contributed by atoms with Crippen molar-refractivity contribution in [2.75, 3.05) is 4.90 Å². The van der Waals surface area contributed by atoms with Gasteiger partial charge in [0.05, 0.1) is 17.6 Å². The lowest BCUT2D eigenvalue weighted by Crippen LogP contribution is -2.42. The monoisotopic (exact) mass is 492 g/mol. The summed E-state index contributed by atoms with van der Waals surface area (Å²) >= 11 is 3.28. The van der Waals surface area contributed by atoms with Crippen molar-refractivity contribution >= 4 is 34.0 Å². The van der Waals surface area contributed by atoms with Gasteiger partial charge in [-0.25, -0.2) is 0 Å². The molecule has 5 rings (SSSR count). The van der Waals surface area contributed by atoms with Crippen molar-refractivity contribution in [1.29, 1.82) is 5.26 Å². The molecule has 2 aromatic heterocycles. The third kappa shape index (κ3) is 4.25. The van der Waals surface area contributed by atoms with E-state index in [1.807, 2.05) is 17.0 Å². The van der Waals surface area contributed by atoms with Gasteiger partial charge in [0.1, 0.15) is 5.82 Å². The summed E-state index contributed by atoms with van der Waals surface area (Å²) in [4.78, 5) is 19.6. The highest BCUT2D eigenvalue weighted by molar-refractivity contribution is 8.01. The summed E-state index contributed by atoms with van der Waals surface area (Å²) in [6, 6.07) is 6.02. The number of hydrogen-bond donors (Lipinski definition) is 1. The van der Waals surface area contributed by atoms with Crippen LogP contribution in [0, 0.1) is 16.7 Å². The maximum atomic E-state index is 13.5. The number of rotatable bonds is 4. The molecule has 1 atom stereocenters. The average Bonchev–Trinajstić information content (AvgIpc) is 3.26. The molecular weight excluding hydrogens is 464 g/mol. The molecule has 2 N–H and O–H groups in total. The number of nitrogens with two attached hydrogens (primary N) is 1. The Morgan fingerprint density at radius 3 is 2.74 bits per heavy atom. The fraction of sp³-hybridized carbons (Fsp3) is 0.480. The number of hydrogen-bond acceptors (Lipinski definition) is 9. The summed E-state index contributed by atoms with van der Waals surface area (Å²) in [5.41, 5.74) is 9.08. The number of aromatic nitrogens is 3. The molecule has 2 aromatic rings. The van der Waals surface area contributed by atoms with E-state index < -0.39 is 5.92 Å². The molecule has 0 saturated heterocycles. The van der Waals surface area contributed by atoms with E-state index >= 15 is 0 Å². The van der Waals surface area contributed by atoms with Crippen LogP contribution in [0.3, 0.4) is 0 Å². The number of pyridine rings is 1. The first-order valence-electron chi connectivity index (χ1n) is 11.7. The topological polar surface area (TPSA) is 109 Å². The number of Topliss-reactive ketones (excluding diaryl/α,β-unsaturated/α-hetero) is 1. The van der Waals surface area contributed by atoms with Gasteiger partial charge in [0.2, 0.25) is 5.13 Å². The second-order valence-electron chi connectivity index (χ2n) is 10.00. The number of nitriles is 1. The van der Waals surface area contributed by atoms with Gasteiger partial charge in [0, 0.05) is 35.3 Å². The Morgan fingerprint density at radius 2 is 2.03 bits per heavy atom. The standard InChI is InChI=1S/C25H28N6OS2/c1-25(2)11-18-21(19(32)12-25)20(15-7-6-10-28-14-15)17(13-26)22(27)31(18)23-29-30-24(34-23)33-16-8-4-3-5-9-16/h6-7,10,14,16,20H,3-5,8-9,11-12,27H2,1-2H3. The fourth-order valence-electron chi connectivity index (χ4n) is 5.27. The van der Waals surface area contributed by atoms with Crippen LogP contribution >= 0.6 is 23.1 Å². The van der Waals surface area contributed by atoms with Crippen LogP contribution in [0.2, 0.25) is 0 Å². The molecule has 1 fully saturated rings. The van der Waals surface area contributed by atoms with Crippen molar-refractivity contribution in [1.82, 2.24) is 15.2 Å². The van der Waals surface area contributed by atoms with Crippen LogP contribution in [0.5, 0.6) is 0 Å². The largest absolute Gasteiger partial charge is 0.384 e. The molecule has 3 aliphatic rings. The molecule has 176 valence electrons. The van der Waals surface area contributed by atoms with E-state index in [-0.39, 0.29) is 11.2 Å². The predicted molar refractivity (Wildman–Crippen MR) is 134 cm³/mol. The molecular formula is C25H28N6OS2. The van der Waals surface area contributed by atoms with E-state index in [0.717, 1.165) is 15.6 Å². The van der Waals surface area contributed by atoms with E-state index in [9.17, 15) is 10.1 Å². The quantitative estimate of drug-likeness (QED) is 0.612. The smallest absolute Gasteiger partial charge is 0.219 e. The van der Waals surface area contributed by atoms with E-state index in [2.05, 4.69) is 35.1 Å². The normalized spacial score (nSPS) is 23.1. The zero-order valence-electron chi connectivity index (χ0n) is 19.5. The molecule has 34 heavy (non-hydrogen) atoms. The van der Waals surface area contributed by atoms with Crippen molar-refractivity contribution in [3.63, 3.8) is 0 Å². The Balaban J connectivity index is 1.60. The van der Waals surface area contributed by atoms with Gasteiger partial charge in [-0.3, -0.25) is 14.7 Å². The lowest BCUT2D eigenvalue weighted by Gasteiger charge is -2.42. The maximum Gasteiger partial charge on any atom is 0.219 e. The fourth-order valence-corrected chi connectivity index (χ4v) is 7.66. The highest BCUT2D eigenvalue weighted by Gasteiger charge is 2.45. The summed E-state index contributed by atoms with van der Waals surface area (Å²) in [6.07, 6.45) is 10.7. The van der Waals surface area contributed by atoms with Crippen molar-refractivity contribution in [3.05, 3.63) is 52.8 Å². The van der Waals surface area contributed by atoms with Crippen LogP contribution in [-0.4, -0.2) is 26.2 Å². The molecule has 0 radical (unpaired) electrons. The highest BCUT2D eigenvalue weighted by atomic mass is 32.2. The average molecular weight is 493 g/mol. The lowest BCUT2D eigenvalue weighted by atomic mass is 9.69. The van der Waals surface area contributed by atoms with Gasteiger partial charge in [0.25, 0.3) is 0 Å². The van der Waals surface area contributed by atoms with Gasteiger partial charge in [-0.15, -0.1) is 10.2 Å². The minimum atomic E-state index is -0.516. The molecule has 3 heterocycles. The number of anilines is 1. The maximum absolute atomic E-state index is 13.5. The number of carbonyl (C=O) groups is 1. The first-order chi connectivity index (χ1) is 16.4. The van der Waals surface area contributed by atoms with E-state index in [1.165, 1.54) is 43.4 Å². The van der Waals surface area contributed by atoms with Gasteiger partial charge in [-0.05, 0) is 36.3 Å². The Hall–Kier alpha value is -2.70. The molecule has 1 aliphatic heterocycles. The van der Waals surface area contributed by atoms with Crippen LogP contribution < -0.4 is 10.6 Å². The van der Waals surface area contributed by atoms with Crippen LogP contribution in [-0.2, 0) is 4.79 Å². The van der Waals surface area contributed by atoms with Gasteiger partial charge < -0.3 is 5.73 Å². The zero-order valence-corrected chi connectivity index (χ0v) is 21.1. The predicted octanol–water partition coefficient (Wildman–Crippen LogP) is 5.30. The molecule has 0 aromatic carbocycles. The third-order valence-corrected chi connectivity index (χ3v) is 9.14. The number of ketones is 1. The Bertz CT molecular complexity index is 1200. The van der Waals surface area contributed by atoms with E-state index in [4.69, 9.17) is 5.73 Å². The van der Waals surface area contributed by atoms with Gasteiger partial charge in [-0.2, -0.15) is 5.26 Å².